The molecule has 0 saturated carbocycles. The highest BCUT2D eigenvalue weighted by atomic mass is 32.2. The Morgan fingerprint density at radius 2 is 1.29 bits per heavy atom. The molecule has 4 aromatic rings. The molecule has 7 heteroatoms. The molecule has 0 spiro atoms. The lowest BCUT2D eigenvalue weighted by Crippen LogP contribution is -2.23. The van der Waals surface area contributed by atoms with E-state index in [-0.39, 0.29) is 10.8 Å². The maximum atomic E-state index is 12.6. The zero-order valence-corrected chi connectivity index (χ0v) is 19.9. The number of nitrogens with one attached hydrogen (secondary N) is 2. The summed E-state index contributed by atoms with van der Waals surface area (Å²) in [5.41, 5.74) is 3.81. The molecule has 0 radical (unpaired) electrons. The van der Waals surface area contributed by atoms with Crippen LogP contribution in [0.1, 0.15) is 27.0 Å². The number of sulfonamides is 1. The SMILES string of the molecule is O=C(NCc1ccc(COCc2ccccc2)cc1)c1cccc(NS(=O)(=O)c2ccccc2)c1. The summed E-state index contributed by atoms with van der Waals surface area (Å²) in [6, 6.07) is 32.4. The van der Waals surface area contributed by atoms with Gasteiger partial charge in [0.25, 0.3) is 15.9 Å². The van der Waals surface area contributed by atoms with Gasteiger partial charge in [-0.05, 0) is 47.0 Å². The quantitative estimate of drug-likeness (QED) is 0.325. The summed E-state index contributed by atoms with van der Waals surface area (Å²) < 4.78 is 33.4. The average Bonchev–Trinajstić information content (AvgIpc) is 2.89. The van der Waals surface area contributed by atoms with Crippen LogP contribution in [0.3, 0.4) is 0 Å². The third kappa shape index (κ3) is 7.02. The van der Waals surface area contributed by atoms with Crippen molar-refractivity contribution in [1.82, 2.24) is 5.32 Å². The molecule has 0 aliphatic rings. The predicted octanol–water partition coefficient (Wildman–Crippen LogP) is 5.13. The number of ether oxygens (including phenoxy) is 1. The maximum Gasteiger partial charge on any atom is 0.261 e. The van der Waals surface area contributed by atoms with Crippen LogP contribution < -0.4 is 10.0 Å². The Hall–Kier alpha value is -3.94. The molecule has 0 aliphatic heterocycles. The van der Waals surface area contributed by atoms with Crippen molar-refractivity contribution in [2.45, 2.75) is 24.7 Å². The van der Waals surface area contributed by atoms with E-state index >= 15 is 0 Å². The van der Waals surface area contributed by atoms with Crippen molar-refractivity contribution >= 4 is 21.6 Å². The Balaban J connectivity index is 1.29. The molecular weight excluding hydrogens is 460 g/mol. The first kappa shape index (κ1) is 24.2. The fourth-order valence-corrected chi connectivity index (χ4v) is 4.51. The smallest absolute Gasteiger partial charge is 0.261 e. The lowest BCUT2D eigenvalue weighted by atomic mass is 10.1. The van der Waals surface area contributed by atoms with E-state index in [0.717, 1.165) is 16.7 Å². The van der Waals surface area contributed by atoms with E-state index in [1.54, 1.807) is 36.4 Å². The highest BCUT2D eigenvalue weighted by Gasteiger charge is 2.14. The lowest BCUT2D eigenvalue weighted by molar-refractivity contribution is 0.0951. The minimum absolute atomic E-state index is 0.156. The number of carbonyl (C=O) groups excluding carboxylic acids is 1. The van der Waals surface area contributed by atoms with E-state index in [4.69, 9.17) is 4.74 Å². The van der Waals surface area contributed by atoms with E-state index in [9.17, 15) is 13.2 Å². The number of anilines is 1. The first-order valence-electron chi connectivity index (χ1n) is 11.2. The van der Waals surface area contributed by atoms with Gasteiger partial charge in [0.2, 0.25) is 0 Å². The van der Waals surface area contributed by atoms with Crippen molar-refractivity contribution < 1.29 is 17.9 Å². The first-order chi connectivity index (χ1) is 17.0. The summed E-state index contributed by atoms with van der Waals surface area (Å²) in [5, 5.41) is 2.87. The third-order valence-corrected chi connectivity index (χ3v) is 6.68. The van der Waals surface area contributed by atoms with Gasteiger partial charge in [0, 0.05) is 17.8 Å². The Morgan fingerprint density at radius 3 is 1.97 bits per heavy atom. The van der Waals surface area contributed by atoms with Gasteiger partial charge < -0.3 is 10.1 Å². The van der Waals surface area contributed by atoms with Crippen molar-refractivity contribution in [2.24, 2.45) is 0 Å². The van der Waals surface area contributed by atoms with Crippen LogP contribution in [0.2, 0.25) is 0 Å². The highest BCUT2D eigenvalue weighted by Crippen LogP contribution is 2.17. The second-order valence-electron chi connectivity index (χ2n) is 7.98. The molecular formula is C28H26N2O4S. The van der Waals surface area contributed by atoms with E-state index in [2.05, 4.69) is 10.0 Å². The predicted molar refractivity (Wildman–Crippen MR) is 136 cm³/mol. The van der Waals surface area contributed by atoms with Gasteiger partial charge in [-0.1, -0.05) is 78.9 Å². The molecule has 2 N–H and O–H groups in total. The van der Waals surface area contributed by atoms with Gasteiger partial charge in [-0.25, -0.2) is 8.42 Å². The number of carbonyl (C=O) groups is 1. The third-order valence-electron chi connectivity index (χ3n) is 5.29. The molecule has 4 aromatic carbocycles. The van der Waals surface area contributed by atoms with Gasteiger partial charge in [-0.3, -0.25) is 9.52 Å². The average molecular weight is 487 g/mol. The Labute approximate surface area is 205 Å². The van der Waals surface area contributed by atoms with Crippen LogP contribution >= 0.6 is 0 Å². The minimum atomic E-state index is -3.73. The topological polar surface area (TPSA) is 84.5 Å². The molecule has 0 fully saturated rings. The van der Waals surface area contributed by atoms with Crippen molar-refractivity contribution in [1.29, 1.82) is 0 Å². The van der Waals surface area contributed by atoms with Crippen LogP contribution in [0.25, 0.3) is 0 Å². The van der Waals surface area contributed by atoms with Crippen LogP contribution in [0.5, 0.6) is 0 Å². The van der Waals surface area contributed by atoms with Gasteiger partial charge in [0.15, 0.2) is 0 Å². The zero-order chi connectivity index (χ0) is 24.5. The normalized spacial score (nSPS) is 11.1. The Morgan fingerprint density at radius 1 is 0.686 bits per heavy atom. The minimum Gasteiger partial charge on any atom is -0.372 e. The van der Waals surface area contributed by atoms with Crippen LogP contribution in [-0.4, -0.2) is 14.3 Å². The molecule has 178 valence electrons. The number of benzene rings is 4. The number of hydrogen-bond donors (Lipinski definition) is 2. The highest BCUT2D eigenvalue weighted by molar-refractivity contribution is 7.92. The summed E-state index contributed by atoms with van der Waals surface area (Å²) in [5.74, 6) is -0.291. The van der Waals surface area contributed by atoms with Gasteiger partial charge in [-0.15, -0.1) is 0 Å². The molecule has 4 rings (SSSR count). The van der Waals surface area contributed by atoms with Crippen molar-refractivity contribution in [3.63, 3.8) is 0 Å². The second kappa shape index (κ2) is 11.5. The summed E-state index contributed by atoms with van der Waals surface area (Å²) in [4.78, 5) is 12.8. The summed E-state index contributed by atoms with van der Waals surface area (Å²) in [6.45, 7) is 1.41. The van der Waals surface area contributed by atoms with Gasteiger partial charge in [0.1, 0.15) is 0 Å². The monoisotopic (exact) mass is 486 g/mol. The van der Waals surface area contributed by atoms with E-state index in [1.165, 1.54) is 18.2 Å². The molecule has 0 unspecified atom stereocenters. The number of hydrogen-bond acceptors (Lipinski definition) is 4. The second-order valence-corrected chi connectivity index (χ2v) is 9.66. The molecule has 0 saturated heterocycles. The van der Waals surface area contributed by atoms with Gasteiger partial charge in [-0.2, -0.15) is 0 Å². The van der Waals surface area contributed by atoms with Crippen LogP contribution in [0.4, 0.5) is 5.69 Å². The maximum absolute atomic E-state index is 12.6. The molecule has 1 amide bonds. The lowest BCUT2D eigenvalue weighted by Gasteiger charge is -2.10. The van der Waals surface area contributed by atoms with Gasteiger partial charge in [0.05, 0.1) is 18.1 Å². The molecule has 6 nitrogen and oxygen atoms in total. The molecule has 0 heterocycles. The van der Waals surface area contributed by atoms with Crippen LogP contribution in [-0.2, 0) is 34.5 Å². The van der Waals surface area contributed by atoms with Crippen molar-refractivity contribution in [3.05, 3.63) is 131 Å². The summed E-state index contributed by atoms with van der Waals surface area (Å²) >= 11 is 0. The van der Waals surface area contributed by atoms with Gasteiger partial charge >= 0.3 is 0 Å². The molecule has 35 heavy (non-hydrogen) atoms. The number of rotatable bonds is 10. The fraction of sp³-hybridized carbons (Fsp3) is 0.107. The van der Waals surface area contributed by atoms with E-state index in [1.807, 2.05) is 54.6 Å². The molecule has 0 atom stereocenters. The largest absolute Gasteiger partial charge is 0.372 e. The number of amides is 1. The van der Waals surface area contributed by atoms with Crippen LogP contribution in [0.15, 0.2) is 114 Å². The van der Waals surface area contributed by atoms with E-state index in [0.29, 0.717) is 31.0 Å². The fourth-order valence-electron chi connectivity index (χ4n) is 3.44. The summed E-state index contributed by atoms with van der Waals surface area (Å²) in [6.07, 6.45) is 0. The summed E-state index contributed by atoms with van der Waals surface area (Å²) in [7, 11) is -3.73. The molecule has 0 bridgehead atoms. The first-order valence-corrected chi connectivity index (χ1v) is 12.6. The standard InChI is InChI=1S/C28H26N2O4S/c31-28(25-10-7-11-26(18-25)30-35(32,33)27-12-5-2-6-13-27)29-19-22-14-16-24(17-15-22)21-34-20-23-8-3-1-4-9-23/h1-18,30H,19-21H2,(H,29,31). The Kier molecular flexibility index (Phi) is 7.92. The Bertz CT molecular complexity index is 1360. The molecule has 0 aromatic heterocycles. The van der Waals surface area contributed by atoms with Crippen LogP contribution in [0, 0.1) is 0 Å². The zero-order valence-electron chi connectivity index (χ0n) is 19.1. The van der Waals surface area contributed by atoms with E-state index < -0.39 is 10.0 Å². The van der Waals surface area contributed by atoms with Crippen molar-refractivity contribution in [2.75, 3.05) is 4.72 Å². The van der Waals surface area contributed by atoms with Crippen molar-refractivity contribution in [3.8, 4) is 0 Å². The molecule has 0 aliphatic carbocycles.